The third-order valence-corrected chi connectivity index (χ3v) is 5.15. The lowest BCUT2D eigenvalue weighted by molar-refractivity contribution is 0.284. The van der Waals surface area contributed by atoms with Crippen LogP contribution in [-0.4, -0.2) is 22.0 Å². The van der Waals surface area contributed by atoms with Crippen LogP contribution in [0.3, 0.4) is 0 Å². The number of aromatic amines is 1. The molecule has 0 saturated carbocycles. The van der Waals surface area contributed by atoms with Gasteiger partial charge >= 0.3 is 0 Å². The number of hydrogen-bond acceptors (Lipinski definition) is 5. The van der Waals surface area contributed by atoms with E-state index >= 15 is 0 Å². The zero-order valence-corrected chi connectivity index (χ0v) is 17.8. The van der Waals surface area contributed by atoms with Crippen LogP contribution in [0.5, 0.6) is 11.5 Å². The van der Waals surface area contributed by atoms with Crippen molar-refractivity contribution < 1.29 is 9.47 Å². The van der Waals surface area contributed by atoms with Gasteiger partial charge in [0.25, 0.3) is 0 Å². The Morgan fingerprint density at radius 1 is 1.14 bits per heavy atom. The number of nitrogens with one attached hydrogen (secondary N) is 2. The number of H-pyrrole nitrogens is 1. The van der Waals surface area contributed by atoms with Crippen molar-refractivity contribution in [3.05, 3.63) is 68.2 Å². The van der Waals surface area contributed by atoms with Crippen molar-refractivity contribution in [1.82, 2.24) is 14.9 Å². The van der Waals surface area contributed by atoms with Crippen LogP contribution in [0.4, 0.5) is 0 Å². The Labute approximate surface area is 178 Å². The molecule has 2 N–H and O–H groups in total. The van der Waals surface area contributed by atoms with Crippen LogP contribution in [-0.2, 0) is 19.6 Å². The Hall–Kier alpha value is -2.22. The van der Waals surface area contributed by atoms with E-state index in [4.69, 9.17) is 44.9 Å². The normalized spacial score (nSPS) is 10.7. The summed E-state index contributed by atoms with van der Waals surface area (Å²) in [6, 6.07) is 11.1. The molecule has 6 nitrogen and oxygen atoms in total. The van der Waals surface area contributed by atoms with Gasteiger partial charge in [0.15, 0.2) is 17.3 Å². The van der Waals surface area contributed by atoms with Crippen LogP contribution in [0.15, 0.2) is 36.4 Å². The number of nitrogens with zero attached hydrogens (tertiary/aromatic N) is 2. The van der Waals surface area contributed by atoms with Crippen LogP contribution in [0.1, 0.15) is 23.9 Å². The van der Waals surface area contributed by atoms with Crippen LogP contribution >= 0.6 is 35.4 Å². The largest absolute Gasteiger partial charge is 0.493 e. The monoisotopic (exact) mass is 438 g/mol. The molecule has 28 heavy (non-hydrogen) atoms. The zero-order valence-electron chi connectivity index (χ0n) is 15.5. The number of aryl methyl sites for hydroxylation is 1. The Kier molecular flexibility index (Phi) is 6.83. The molecule has 1 aromatic heterocycles. The van der Waals surface area contributed by atoms with Crippen molar-refractivity contribution in [2.24, 2.45) is 0 Å². The highest BCUT2D eigenvalue weighted by atomic mass is 35.5. The van der Waals surface area contributed by atoms with E-state index in [-0.39, 0.29) is 0 Å². The number of halogens is 2. The molecule has 0 aliphatic rings. The van der Waals surface area contributed by atoms with E-state index in [1.165, 1.54) is 0 Å². The third kappa shape index (κ3) is 4.60. The minimum atomic E-state index is 0.313. The van der Waals surface area contributed by atoms with Gasteiger partial charge in [-0.15, -0.1) is 0 Å². The van der Waals surface area contributed by atoms with Crippen molar-refractivity contribution in [2.75, 3.05) is 12.5 Å². The van der Waals surface area contributed by atoms with Crippen molar-refractivity contribution >= 4 is 35.4 Å². The van der Waals surface area contributed by atoms with Crippen LogP contribution in [0, 0.1) is 4.77 Å². The highest BCUT2D eigenvalue weighted by molar-refractivity contribution is 7.71. The molecule has 2 aromatic carbocycles. The fourth-order valence-electron chi connectivity index (χ4n) is 2.65. The first-order chi connectivity index (χ1) is 13.5. The van der Waals surface area contributed by atoms with E-state index in [1.807, 2.05) is 37.3 Å². The summed E-state index contributed by atoms with van der Waals surface area (Å²) in [6.45, 7) is 2.76. The molecule has 0 spiro atoms. The van der Waals surface area contributed by atoms with Gasteiger partial charge in [0.1, 0.15) is 6.61 Å². The number of benzene rings is 2. The van der Waals surface area contributed by atoms with Crippen LogP contribution < -0.4 is 14.9 Å². The lowest BCUT2D eigenvalue weighted by Crippen LogP contribution is -2.17. The van der Waals surface area contributed by atoms with Gasteiger partial charge in [-0.05, 0) is 29.9 Å². The van der Waals surface area contributed by atoms with E-state index in [0.29, 0.717) is 39.5 Å². The zero-order chi connectivity index (χ0) is 20.1. The van der Waals surface area contributed by atoms with Crippen molar-refractivity contribution in [3.8, 4) is 11.5 Å². The molecule has 0 radical (unpaired) electrons. The van der Waals surface area contributed by atoms with Crippen LogP contribution in [0.25, 0.3) is 0 Å². The summed E-state index contributed by atoms with van der Waals surface area (Å²) in [6.07, 6.45) is 0.742. The smallest absolute Gasteiger partial charge is 0.214 e. The average Bonchev–Trinajstić information content (AvgIpc) is 3.06. The summed E-state index contributed by atoms with van der Waals surface area (Å²) in [4.78, 5) is 0. The summed E-state index contributed by atoms with van der Waals surface area (Å²) in [7, 11) is 1.59. The molecule has 9 heteroatoms. The maximum atomic E-state index is 6.46. The molecule has 0 aliphatic carbocycles. The first kappa shape index (κ1) is 20.5. The molecular weight excluding hydrogens is 419 g/mol. The predicted octanol–water partition coefficient (Wildman–Crippen LogP) is 5.14. The molecule has 3 aromatic rings. The van der Waals surface area contributed by atoms with E-state index < -0.39 is 0 Å². The number of ether oxygens (including phenoxy) is 2. The summed E-state index contributed by atoms with van der Waals surface area (Å²) < 4.78 is 13.6. The second-order valence-corrected chi connectivity index (χ2v) is 7.14. The van der Waals surface area contributed by atoms with Gasteiger partial charge in [-0.2, -0.15) is 5.10 Å². The van der Waals surface area contributed by atoms with Gasteiger partial charge in [-0.25, -0.2) is 4.68 Å². The van der Waals surface area contributed by atoms with Crippen molar-refractivity contribution in [1.29, 1.82) is 0 Å². The average molecular weight is 439 g/mol. The predicted molar refractivity (Wildman–Crippen MR) is 114 cm³/mol. The van der Waals surface area contributed by atoms with E-state index in [2.05, 4.69) is 15.6 Å². The van der Waals surface area contributed by atoms with E-state index in [0.717, 1.165) is 23.4 Å². The number of aromatic nitrogens is 3. The van der Waals surface area contributed by atoms with Gasteiger partial charge in [-0.1, -0.05) is 48.3 Å². The number of rotatable bonds is 8. The summed E-state index contributed by atoms with van der Waals surface area (Å²) in [5, 5.41) is 8.15. The summed E-state index contributed by atoms with van der Waals surface area (Å²) >= 11 is 17.9. The van der Waals surface area contributed by atoms with Gasteiger partial charge < -0.3 is 14.9 Å². The van der Waals surface area contributed by atoms with Gasteiger partial charge in [0.2, 0.25) is 4.77 Å². The van der Waals surface area contributed by atoms with Gasteiger partial charge in [-0.3, -0.25) is 5.10 Å². The first-order valence-corrected chi connectivity index (χ1v) is 9.82. The van der Waals surface area contributed by atoms with E-state index in [1.54, 1.807) is 17.9 Å². The lowest BCUT2D eigenvalue weighted by Gasteiger charge is -2.15. The Morgan fingerprint density at radius 3 is 2.64 bits per heavy atom. The van der Waals surface area contributed by atoms with Gasteiger partial charge in [0, 0.05) is 28.1 Å². The topological polar surface area (TPSA) is 64.1 Å². The maximum Gasteiger partial charge on any atom is 0.214 e. The molecule has 0 amide bonds. The third-order valence-electron chi connectivity index (χ3n) is 4.16. The lowest BCUT2D eigenvalue weighted by atomic mass is 10.2. The summed E-state index contributed by atoms with van der Waals surface area (Å²) in [5.41, 5.74) is 4.95. The van der Waals surface area contributed by atoms with Gasteiger partial charge in [0.05, 0.1) is 13.7 Å². The van der Waals surface area contributed by atoms with Crippen molar-refractivity contribution in [3.63, 3.8) is 0 Å². The summed E-state index contributed by atoms with van der Waals surface area (Å²) in [5.74, 6) is 1.94. The Morgan fingerprint density at radius 2 is 1.93 bits per heavy atom. The quantitative estimate of drug-likeness (QED) is 0.476. The highest BCUT2D eigenvalue weighted by Crippen LogP contribution is 2.34. The second kappa shape index (κ2) is 9.32. The van der Waals surface area contributed by atoms with Crippen LogP contribution in [0.2, 0.25) is 10.0 Å². The molecule has 148 valence electrons. The highest BCUT2D eigenvalue weighted by Gasteiger charge is 2.12. The Balaban J connectivity index is 1.76. The SMILES string of the molecule is CCc1n[nH]c(=S)n1NCc1cc(OC)c(OCc2ccccc2Cl)cc1Cl. The number of methoxy groups -OCH3 is 1. The molecule has 0 fully saturated rings. The standard InChI is InChI=1S/C19H20Cl2N4O2S/c1-3-18-23-24-19(28)25(18)22-10-13-8-16(26-2)17(9-15(13)21)27-11-12-6-4-5-7-14(12)20/h4-9,22H,3,10-11H2,1-2H3,(H,24,28). The molecule has 0 unspecified atom stereocenters. The van der Waals surface area contributed by atoms with E-state index in [9.17, 15) is 0 Å². The maximum absolute atomic E-state index is 6.46. The molecule has 0 saturated heterocycles. The molecular formula is C19H20Cl2N4O2S. The number of hydrogen-bond donors (Lipinski definition) is 2. The second-order valence-electron chi connectivity index (χ2n) is 5.94. The molecule has 0 bridgehead atoms. The molecule has 0 atom stereocenters. The fourth-order valence-corrected chi connectivity index (χ4v) is 3.28. The minimum absolute atomic E-state index is 0.313. The molecule has 1 heterocycles. The first-order valence-electron chi connectivity index (χ1n) is 8.66. The van der Waals surface area contributed by atoms with Crippen molar-refractivity contribution in [2.45, 2.75) is 26.5 Å². The molecule has 0 aliphatic heterocycles. The fraction of sp³-hybridized carbons (Fsp3) is 0.263. The molecule has 3 rings (SSSR count). The minimum Gasteiger partial charge on any atom is -0.493 e. The Bertz CT molecular complexity index is 1020.